The van der Waals surface area contributed by atoms with Crippen LogP contribution >= 0.6 is 0 Å². The third-order valence-electron chi connectivity index (χ3n) is 5.20. The van der Waals surface area contributed by atoms with E-state index in [1.165, 1.54) is 24.5 Å². The van der Waals surface area contributed by atoms with Crippen molar-refractivity contribution in [1.29, 1.82) is 0 Å². The standard InChI is InChI=1S/C17H21N3O3/c1-18-9-6-17(19-7-2-3-8-19)14(12-18)10-13-11-15(20(21)22)4-5-16(13)23-17/h4-5,10-11H,2-3,6-9,12H2,1H3. The number of fused-ring (bicyclic) bond motifs is 2. The highest BCUT2D eigenvalue weighted by Crippen LogP contribution is 2.44. The maximum atomic E-state index is 11.0. The number of nitrogens with zero attached hydrogens (tertiary/aromatic N) is 3. The van der Waals surface area contributed by atoms with Crippen molar-refractivity contribution in [2.45, 2.75) is 25.0 Å². The lowest BCUT2D eigenvalue weighted by Crippen LogP contribution is -2.60. The van der Waals surface area contributed by atoms with Crippen LogP contribution < -0.4 is 4.74 Å². The molecule has 0 radical (unpaired) electrons. The number of hydrogen-bond acceptors (Lipinski definition) is 5. The Hall–Kier alpha value is -1.92. The molecule has 122 valence electrons. The Bertz CT molecular complexity index is 682. The normalized spacial score (nSPS) is 27.8. The average molecular weight is 315 g/mol. The predicted octanol–water partition coefficient (Wildman–Crippen LogP) is 2.50. The van der Waals surface area contributed by atoms with Crippen molar-refractivity contribution >= 4 is 11.8 Å². The number of nitro groups is 1. The molecule has 6 heteroatoms. The van der Waals surface area contributed by atoms with E-state index in [0.717, 1.165) is 43.9 Å². The average Bonchev–Trinajstić information content (AvgIpc) is 3.07. The summed E-state index contributed by atoms with van der Waals surface area (Å²) in [5.41, 5.74) is 1.80. The van der Waals surface area contributed by atoms with E-state index in [4.69, 9.17) is 4.74 Å². The lowest BCUT2D eigenvalue weighted by molar-refractivity contribution is -0.384. The number of nitro benzene ring substituents is 1. The van der Waals surface area contributed by atoms with E-state index >= 15 is 0 Å². The monoisotopic (exact) mass is 315 g/mol. The lowest BCUT2D eigenvalue weighted by Gasteiger charge is -2.50. The van der Waals surface area contributed by atoms with Gasteiger partial charge >= 0.3 is 0 Å². The van der Waals surface area contributed by atoms with Gasteiger partial charge in [0.05, 0.1) is 4.92 Å². The summed E-state index contributed by atoms with van der Waals surface area (Å²) < 4.78 is 6.50. The van der Waals surface area contributed by atoms with Crippen LogP contribution in [0.15, 0.2) is 23.8 Å². The van der Waals surface area contributed by atoms with Gasteiger partial charge in [0.25, 0.3) is 5.69 Å². The predicted molar refractivity (Wildman–Crippen MR) is 87.4 cm³/mol. The first-order chi connectivity index (χ1) is 11.1. The van der Waals surface area contributed by atoms with Crippen LogP contribution in [0.5, 0.6) is 5.75 Å². The summed E-state index contributed by atoms with van der Waals surface area (Å²) in [7, 11) is 2.11. The minimum atomic E-state index is -0.355. The molecule has 0 saturated carbocycles. The molecule has 0 N–H and O–H groups in total. The molecular formula is C17H21N3O3. The third-order valence-corrected chi connectivity index (χ3v) is 5.20. The van der Waals surface area contributed by atoms with Crippen LogP contribution in [0.1, 0.15) is 24.8 Å². The van der Waals surface area contributed by atoms with Crippen LogP contribution in [0.3, 0.4) is 0 Å². The zero-order valence-electron chi connectivity index (χ0n) is 13.3. The zero-order valence-corrected chi connectivity index (χ0v) is 13.3. The molecule has 4 rings (SSSR count). The molecular weight excluding hydrogens is 294 g/mol. The fraction of sp³-hybridized carbons (Fsp3) is 0.529. The molecule has 1 atom stereocenters. The fourth-order valence-corrected chi connectivity index (χ4v) is 4.00. The highest BCUT2D eigenvalue weighted by Gasteiger charge is 2.48. The van der Waals surface area contributed by atoms with Gasteiger partial charge in [0.15, 0.2) is 5.72 Å². The maximum absolute atomic E-state index is 11.0. The summed E-state index contributed by atoms with van der Waals surface area (Å²) in [6, 6.07) is 4.89. The van der Waals surface area contributed by atoms with Gasteiger partial charge in [0.2, 0.25) is 0 Å². The quantitative estimate of drug-likeness (QED) is 0.620. The second kappa shape index (κ2) is 5.32. The van der Waals surface area contributed by atoms with E-state index in [0.29, 0.717) is 0 Å². The van der Waals surface area contributed by atoms with E-state index in [9.17, 15) is 10.1 Å². The highest BCUT2D eigenvalue weighted by molar-refractivity contribution is 5.67. The molecule has 1 aromatic rings. The molecule has 0 spiro atoms. The number of ether oxygens (including phenoxy) is 1. The Morgan fingerprint density at radius 2 is 2.04 bits per heavy atom. The van der Waals surface area contributed by atoms with E-state index in [-0.39, 0.29) is 16.3 Å². The molecule has 1 unspecified atom stereocenters. The van der Waals surface area contributed by atoms with Gasteiger partial charge in [-0.15, -0.1) is 0 Å². The van der Waals surface area contributed by atoms with Crippen molar-refractivity contribution < 1.29 is 9.66 Å². The first-order valence-corrected chi connectivity index (χ1v) is 8.21. The van der Waals surface area contributed by atoms with Crippen molar-refractivity contribution in [2.24, 2.45) is 0 Å². The van der Waals surface area contributed by atoms with Gasteiger partial charge in [-0.2, -0.15) is 0 Å². The molecule has 6 nitrogen and oxygen atoms in total. The zero-order chi connectivity index (χ0) is 16.0. The van der Waals surface area contributed by atoms with Crippen molar-refractivity contribution in [3.8, 4) is 5.75 Å². The van der Waals surface area contributed by atoms with Gasteiger partial charge in [-0.05, 0) is 32.0 Å². The number of non-ortho nitro benzene ring substituents is 1. The molecule has 3 aliphatic rings. The number of piperidine rings is 1. The van der Waals surface area contributed by atoms with Crippen LogP contribution in [-0.2, 0) is 0 Å². The molecule has 2 saturated heterocycles. The molecule has 3 heterocycles. The minimum absolute atomic E-state index is 0.113. The number of hydrogen-bond donors (Lipinski definition) is 0. The van der Waals surface area contributed by atoms with Crippen molar-refractivity contribution in [3.05, 3.63) is 39.4 Å². The van der Waals surface area contributed by atoms with Crippen LogP contribution in [0, 0.1) is 10.1 Å². The van der Waals surface area contributed by atoms with Gasteiger partial charge in [-0.25, -0.2) is 0 Å². The summed E-state index contributed by atoms with van der Waals surface area (Å²) in [6.45, 7) is 3.96. The summed E-state index contributed by atoms with van der Waals surface area (Å²) in [5, 5.41) is 11.0. The Morgan fingerprint density at radius 1 is 1.26 bits per heavy atom. The topological polar surface area (TPSA) is 58.8 Å². The van der Waals surface area contributed by atoms with Gasteiger partial charge in [-0.3, -0.25) is 15.0 Å². The molecule has 1 aromatic carbocycles. The maximum Gasteiger partial charge on any atom is 0.270 e. The van der Waals surface area contributed by atoms with Crippen LogP contribution in [0.2, 0.25) is 0 Å². The molecule has 2 fully saturated rings. The van der Waals surface area contributed by atoms with Crippen molar-refractivity contribution in [3.63, 3.8) is 0 Å². The Morgan fingerprint density at radius 3 is 2.78 bits per heavy atom. The van der Waals surface area contributed by atoms with Crippen molar-refractivity contribution in [1.82, 2.24) is 9.80 Å². The van der Waals surface area contributed by atoms with Gasteiger partial charge < -0.3 is 9.64 Å². The Kier molecular flexibility index (Phi) is 3.39. The molecule has 0 bridgehead atoms. The van der Waals surface area contributed by atoms with Crippen molar-refractivity contribution in [2.75, 3.05) is 33.2 Å². The smallest absolute Gasteiger partial charge is 0.270 e. The molecule has 0 amide bonds. The number of likely N-dealkylation sites (N-methyl/N-ethyl adjacent to an activating group) is 1. The van der Waals surface area contributed by atoms with Crippen LogP contribution in [0.4, 0.5) is 5.69 Å². The van der Waals surface area contributed by atoms with Crippen LogP contribution in [0.25, 0.3) is 6.08 Å². The van der Waals surface area contributed by atoms with Gasteiger partial charge in [0, 0.05) is 55.9 Å². The SMILES string of the molecule is CN1CCC2(N3CCCC3)Oc3ccc([N+](=O)[O-])cc3C=C2C1. The summed E-state index contributed by atoms with van der Waals surface area (Å²) in [5.74, 6) is 0.760. The second-order valence-electron chi connectivity index (χ2n) is 6.72. The number of likely N-dealkylation sites (tertiary alicyclic amines) is 2. The summed E-state index contributed by atoms with van der Waals surface area (Å²) >= 11 is 0. The van der Waals surface area contributed by atoms with E-state index in [1.54, 1.807) is 12.1 Å². The first kappa shape index (κ1) is 14.7. The van der Waals surface area contributed by atoms with E-state index in [2.05, 4.69) is 22.9 Å². The molecule has 0 aromatic heterocycles. The summed E-state index contributed by atoms with van der Waals surface area (Å²) in [4.78, 5) is 15.4. The Labute approximate surface area is 135 Å². The Balaban J connectivity index is 1.78. The minimum Gasteiger partial charge on any atom is -0.468 e. The van der Waals surface area contributed by atoms with Gasteiger partial charge in [-0.1, -0.05) is 0 Å². The fourth-order valence-electron chi connectivity index (χ4n) is 4.00. The largest absolute Gasteiger partial charge is 0.468 e. The summed E-state index contributed by atoms with van der Waals surface area (Å²) in [6.07, 6.45) is 5.47. The highest BCUT2D eigenvalue weighted by atomic mass is 16.6. The first-order valence-electron chi connectivity index (χ1n) is 8.21. The number of rotatable bonds is 2. The lowest BCUT2D eigenvalue weighted by atomic mass is 9.88. The molecule has 3 aliphatic heterocycles. The molecule has 23 heavy (non-hydrogen) atoms. The van der Waals surface area contributed by atoms with E-state index < -0.39 is 0 Å². The van der Waals surface area contributed by atoms with E-state index in [1.807, 2.05) is 0 Å². The second-order valence-corrected chi connectivity index (χ2v) is 6.72. The molecule has 0 aliphatic carbocycles. The number of benzene rings is 1. The van der Waals surface area contributed by atoms with Crippen LogP contribution in [-0.4, -0.2) is 53.7 Å². The van der Waals surface area contributed by atoms with Gasteiger partial charge in [0.1, 0.15) is 5.75 Å². The third kappa shape index (κ3) is 2.33.